The minimum atomic E-state index is -1.11. The molecule has 2 atom stereocenters. The number of hydrogen-bond donors (Lipinski definition) is 0. The summed E-state index contributed by atoms with van der Waals surface area (Å²) >= 11 is 12.5. The maximum Gasteiger partial charge on any atom is 0.332 e. The van der Waals surface area contributed by atoms with Crippen LogP contribution in [-0.4, -0.2) is 46.9 Å². The van der Waals surface area contributed by atoms with E-state index in [1.54, 1.807) is 35.2 Å². The number of anilines is 1. The van der Waals surface area contributed by atoms with Gasteiger partial charge in [0.25, 0.3) is 5.91 Å². The zero-order valence-electron chi connectivity index (χ0n) is 19.7. The lowest BCUT2D eigenvalue weighted by Gasteiger charge is -2.35. The molecule has 2 fully saturated rings. The molecule has 2 heterocycles. The molecular formula is C28H24Cl2N4O2. The molecule has 3 aromatic carbocycles. The maximum absolute atomic E-state index is 14.3. The molecule has 8 heteroatoms. The first kappa shape index (κ1) is 24.3. The Kier molecular flexibility index (Phi) is 6.48. The van der Waals surface area contributed by atoms with Crippen molar-refractivity contribution in [3.05, 3.63) is 99.5 Å². The third-order valence-electron chi connectivity index (χ3n) is 7.07. The first-order chi connectivity index (χ1) is 17.4. The second-order valence-corrected chi connectivity index (χ2v) is 10.0. The fourth-order valence-corrected chi connectivity index (χ4v) is 6.06. The molecule has 1 spiro atoms. The number of carbonyl (C=O) groups excluding carboxylic acids is 2. The normalized spacial score (nSPS) is 22.0. The highest BCUT2D eigenvalue weighted by molar-refractivity contribution is 6.35. The van der Waals surface area contributed by atoms with Crippen LogP contribution in [0.5, 0.6) is 0 Å². The molecule has 0 aromatic heterocycles. The van der Waals surface area contributed by atoms with E-state index in [-0.39, 0.29) is 17.9 Å². The molecule has 0 N–H and O–H groups in total. The van der Waals surface area contributed by atoms with Crippen molar-refractivity contribution in [2.24, 2.45) is 0 Å². The first-order valence-electron chi connectivity index (χ1n) is 11.8. The van der Waals surface area contributed by atoms with E-state index in [4.69, 9.17) is 23.2 Å². The molecule has 182 valence electrons. The van der Waals surface area contributed by atoms with E-state index in [9.17, 15) is 14.9 Å². The number of likely N-dealkylation sites (N-methyl/N-ethyl adjacent to an activating group) is 1. The number of carbonyl (C=O) groups is 2. The summed E-state index contributed by atoms with van der Waals surface area (Å²) in [6.07, 6.45) is 0. The highest BCUT2D eigenvalue weighted by Crippen LogP contribution is 2.47. The van der Waals surface area contributed by atoms with Crippen molar-refractivity contribution < 1.29 is 9.59 Å². The van der Waals surface area contributed by atoms with Gasteiger partial charge in [0, 0.05) is 42.1 Å². The molecule has 0 aliphatic carbocycles. The van der Waals surface area contributed by atoms with Crippen LogP contribution in [0, 0.1) is 11.3 Å². The Morgan fingerprint density at radius 2 is 1.67 bits per heavy atom. The predicted molar refractivity (Wildman–Crippen MR) is 140 cm³/mol. The smallest absolute Gasteiger partial charge is 0.307 e. The van der Waals surface area contributed by atoms with E-state index in [1.807, 2.05) is 37.3 Å². The van der Waals surface area contributed by atoms with Crippen LogP contribution in [-0.2, 0) is 11.3 Å². The molecule has 36 heavy (non-hydrogen) atoms. The molecule has 2 saturated heterocycles. The van der Waals surface area contributed by atoms with Crippen molar-refractivity contribution in [2.75, 3.05) is 24.5 Å². The highest BCUT2D eigenvalue weighted by Gasteiger charge is 2.64. The van der Waals surface area contributed by atoms with Gasteiger partial charge in [-0.1, -0.05) is 65.7 Å². The molecule has 0 bridgehead atoms. The molecule has 0 unspecified atom stereocenters. The van der Waals surface area contributed by atoms with Crippen molar-refractivity contribution in [1.82, 2.24) is 9.80 Å². The third-order valence-corrected chi connectivity index (χ3v) is 7.51. The fourth-order valence-electron chi connectivity index (χ4n) is 5.55. The third kappa shape index (κ3) is 4.04. The number of amides is 3. The Morgan fingerprint density at radius 1 is 1.00 bits per heavy atom. The number of hydrogen-bond acceptors (Lipinski definition) is 4. The highest BCUT2D eigenvalue weighted by atomic mass is 35.5. The van der Waals surface area contributed by atoms with Crippen LogP contribution in [0.15, 0.2) is 72.8 Å². The lowest BCUT2D eigenvalue weighted by molar-refractivity contribution is -0.125. The van der Waals surface area contributed by atoms with Crippen LogP contribution in [0.1, 0.15) is 29.5 Å². The average Bonchev–Trinajstić information content (AvgIpc) is 3.33. The lowest BCUT2D eigenvalue weighted by atomic mass is 9.80. The number of nitriles is 1. The van der Waals surface area contributed by atoms with Crippen molar-refractivity contribution >= 4 is 40.8 Å². The van der Waals surface area contributed by atoms with E-state index in [2.05, 4.69) is 23.1 Å². The lowest BCUT2D eigenvalue weighted by Crippen LogP contribution is -2.55. The number of likely N-dealkylation sites (tertiary alicyclic amines) is 1. The zero-order valence-corrected chi connectivity index (χ0v) is 21.2. The molecule has 3 amide bonds. The fraction of sp³-hybridized carbons (Fsp3) is 0.250. The minimum Gasteiger partial charge on any atom is -0.307 e. The summed E-state index contributed by atoms with van der Waals surface area (Å²) in [5.41, 5.74) is 1.84. The van der Waals surface area contributed by atoms with E-state index < -0.39 is 5.54 Å². The van der Waals surface area contributed by atoms with Crippen LogP contribution < -0.4 is 4.90 Å². The number of benzene rings is 3. The van der Waals surface area contributed by atoms with Crippen LogP contribution in [0.4, 0.5) is 10.5 Å². The minimum absolute atomic E-state index is 0.287. The van der Waals surface area contributed by atoms with Gasteiger partial charge in [-0.15, -0.1) is 0 Å². The Hall–Kier alpha value is -3.37. The van der Waals surface area contributed by atoms with E-state index in [0.29, 0.717) is 47.5 Å². The molecule has 3 aromatic rings. The molecule has 0 radical (unpaired) electrons. The second-order valence-electron chi connectivity index (χ2n) is 9.16. The van der Waals surface area contributed by atoms with Crippen molar-refractivity contribution in [1.29, 1.82) is 5.26 Å². The van der Waals surface area contributed by atoms with Gasteiger partial charge in [-0.25, -0.2) is 9.69 Å². The second kappa shape index (κ2) is 9.59. The van der Waals surface area contributed by atoms with E-state index in [0.717, 1.165) is 11.1 Å². The quantitative estimate of drug-likeness (QED) is 0.406. The van der Waals surface area contributed by atoms with Crippen molar-refractivity contribution in [3.63, 3.8) is 0 Å². The zero-order chi connectivity index (χ0) is 25.4. The van der Waals surface area contributed by atoms with Gasteiger partial charge in [-0.3, -0.25) is 9.69 Å². The van der Waals surface area contributed by atoms with Crippen LogP contribution in [0.25, 0.3) is 0 Å². The Balaban J connectivity index is 1.61. The van der Waals surface area contributed by atoms with Crippen LogP contribution >= 0.6 is 23.2 Å². The summed E-state index contributed by atoms with van der Waals surface area (Å²) in [5, 5.41) is 9.97. The Morgan fingerprint density at radius 3 is 2.28 bits per heavy atom. The van der Waals surface area contributed by atoms with Crippen LogP contribution in [0.3, 0.4) is 0 Å². The summed E-state index contributed by atoms with van der Waals surface area (Å²) in [6.45, 7) is 3.87. The Bertz CT molecular complexity index is 1340. The number of halogens is 2. The van der Waals surface area contributed by atoms with Crippen LogP contribution in [0.2, 0.25) is 10.0 Å². The molecule has 2 aliphatic heterocycles. The van der Waals surface area contributed by atoms with Gasteiger partial charge in [-0.2, -0.15) is 5.26 Å². The summed E-state index contributed by atoms with van der Waals surface area (Å²) in [5.74, 6) is -0.581. The predicted octanol–water partition coefficient (Wildman–Crippen LogP) is 5.69. The maximum atomic E-state index is 14.3. The molecule has 6 nitrogen and oxygen atoms in total. The van der Waals surface area contributed by atoms with Crippen molar-refractivity contribution in [3.8, 4) is 6.07 Å². The van der Waals surface area contributed by atoms with E-state index >= 15 is 0 Å². The molecule has 0 saturated carbocycles. The summed E-state index contributed by atoms with van der Waals surface area (Å²) in [4.78, 5) is 33.2. The topological polar surface area (TPSA) is 67.7 Å². The van der Waals surface area contributed by atoms with Gasteiger partial charge in [0.05, 0.1) is 17.3 Å². The van der Waals surface area contributed by atoms with Gasteiger partial charge in [-0.05, 0) is 48.4 Å². The van der Waals surface area contributed by atoms with Crippen molar-refractivity contribution in [2.45, 2.75) is 24.9 Å². The number of rotatable bonds is 5. The number of imide groups is 1. The molecular weight excluding hydrogens is 495 g/mol. The SMILES string of the molecule is CCN1C(=O)N(c2cc(Cl)cc(Cl)c2)C(=O)[C@]12CN(Cc1ccccc1)C[C@H]2c1ccc(C#N)cc1. The van der Waals surface area contributed by atoms with Gasteiger partial charge in [0.15, 0.2) is 0 Å². The standard InChI is InChI=1S/C28H24Cl2N4O2/c1-2-33-27(36)34(24-13-22(29)12-23(30)14-24)26(35)28(33)18-32(16-20-6-4-3-5-7-20)17-25(28)21-10-8-19(15-31)9-11-21/h3-14,25H,2,16-18H2,1H3/t25-,28+/m0/s1. The molecule has 2 aliphatic rings. The summed E-state index contributed by atoms with van der Waals surface area (Å²) in [6, 6.07) is 23.9. The summed E-state index contributed by atoms with van der Waals surface area (Å²) in [7, 11) is 0. The largest absolute Gasteiger partial charge is 0.332 e. The monoisotopic (exact) mass is 518 g/mol. The average molecular weight is 519 g/mol. The number of urea groups is 1. The Labute approximate surface area is 220 Å². The van der Waals surface area contributed by atoms with Gasteiger partial charge >= 0.3 is 6.03 Å². The van der Waals surface area contributed by atoms with Gasteiger partial charge in [0.2, 0.25) is 0 Å². The van der Waals surface area contributed by atoms with Gasteiger partial charge < -0.3 is 4.90 Å². The van der Waals surface area contributed by atoms with Gasteiger partial charge in [0.1, 0.15) is 5.54 Å². The van der Waals surface area contributed by atoms with E-state index in [1.165, 1.54) is 4.90 Å². The first-order valence-corrected chi connectivity index (χ1v) is 12.5. The summed E-state index contributed by atoms with van der Waals surface area (Å²) < 4.78 is 0. The molecule has 5 rings (SSSR count). The number of nitrogens with zero attached hydrogens (tertiary/aromatic N) is 4.